The van der Waals surface area contributed by atoms with Crippen LogP contribution < -0.4 is 22.3 Å². The van der Waals surface area contributed by atoms with Crippen LogP contribution in [-0.2, 0) is 17.9 Å². The van der Waals surface area contributed by atoms with Gasteiger partial charge in [0.1, 0.15) is 12.2 Å². The molecular weight excluding hydrogens is 260 g/mol. The quantitative estimate of drug-likeness (QED) is 0.693. The molecule has 0 saturated heterocycles. The van der Waals surface area contributed by atoms with Crippen molar-refractivity contribution >= 4 is 11.6 Å². The number of anilines is 1. The smallest absolute Gasteiger partial charge is 0.328 e. The molecule has 0 bridgehead atoms. The molecule has 0 aliphatic carbocycles. The van der Waals surface area contributed by atoms with Crippen LogP contribution in [0.5, 0.6) is 0 Å². The topological polar surface area (TPSA) is 110 Å². The minimum atomic E-state index is -0.668. The van der Waals surface area contributed by atoms with E-state index in [1.807, 2.05) is 35.3 Å². The Morgan fingerprint density at radius 2 is 1.95 bits per heavy atom. The monoisotopic (exact) mass is 274 g/mol. The normalized spacial score (nSPS) is 10.2. The van der Waals surface area contributed by atoms with E-state index < -0.39 is 11.2 Å². The van der Waals surface area contributed by atoms with Crippen LogP contribution in [0.4, 0.5) is 5.69 Å². The number of carbonyl (C=O) groups excluding carboxylic acids is 1. The lowest BCUT2D eigenvalue weighted by Gasteiger charge is -2.07. The van der Waals surface area contributed by atoms with E-state index >= 15 is 0 Å². The summed E-state index contributed by atoms with van der Waals surface area (Å²) in [6.07, 6.45) is 1.16. The predicted octanol–water partition coefficient (Wildman–Crippen LogP) is -0.565. The van der Waals surface area contributed by atoms with Crippen LogP contribution in [0, 0.1) is 0 Å². The first kappa shape index (κ1) is 13.6. The third-order valence-corrected chi connectivity index (χ3v) is 2.68. The first-order chi connectivity index (χ1) is 9.56. The van der Waals surface area contributed by atoms with Gasteiger partial charge in [-0.15, -0.1) is 0 Å². The fourth-order valence-electron chi connectivity index (χ4n) is 1.65. The number of H-pyrrole nitrogens is 1. The highest BCUT2D eigenvalue weighted by Gasteiger charge is 2.06. The Balaban J connectivity index is 2.00. The Morgan fingerprint density at radius 3 is 2.65 bits per heavy atom. The van der Waals surface area contributed by atoms with Gasteiger partial charge in [0, 0.05) is 12.7 Å². The maximum absolute atomic E-state index is 11.7. The number of nitrogens with two attached hydrogens (primary N) is 1. The van der Waals surface area contributed by atoms with Gasteiger partial charge >= 0.3 is 5.69 Å². The van der Waals surface area contributed by atoms with Crippen molar-refractivity contribution in [1.29, 1.82) is 0 Å². The molecule has 0 aliphatic heterocycles. The molecule has 20 heavy (non-hydrogen) atoms. The van der Waals surface area contributed by atoms with Gasteiger partial charge in [0.2, 0.25) is 5.91 Å². The molecule has 2 aromatic rings. The lowest BCUT2D eigenvalue weighted by molar-refractivity contribution is -0.121. The molecule has 0 spiro atoms. The van der Waals surface area contributed by atoms with Crippen molar-refractivity contribution in [3.05, 3.63) is 62.9 Å². The summed E-state index contributed by atoms with van der Waals surface area (Å²) in [4.78, 5) is 36.3. The number of nitrogen functional groups attached to an aromatic ring is 1. The number of hydrogen-bond donors (Lipinski definition) is 3. The minimum absolute atomic E-state index is 0.111. The third kappa shape index (κ3) is 3.35. The summed E-state index contributed by atoms with van der Waals surface area (Å²) in [6, 6.07) is 9.38. The maximum Gasteiger partial charge on any atom is 0.328 e. The van der Waals surface area contributed by atoms with Gasteiger partial charge < -0.3 is 11.1 Å². The van der Waals surface area contributed by atoms with E-state index in [1.165, 1.54) is 0 Å². The SMILES string of the molecule is Nc1cn(CC(=O)NCc2ccccc2)c(=O)[nH]c1=O. The summed E-state index contributed by atoms with van der Waals surface area (Å²) in [5.41, 5.74) is 4.91. The minimum Gasteiger partial charge on any atom is -0.393 e. The number of nitrogens with one attached hydrogen (secondary N) is 2. The highest BCUT2D eigenvalue weighted by atomic mass is 16.2. The molecule has 0 radical (unpaired) electrons. The first-order valence-corrected chi connectivity index (χ1v) is 5.96. The first-order valence-electron chi connectivity index (χ1n) is 5.96. The van der Waals surface area contributed by atoms with Crippen LogP contribution in [0.1, 0.15) is 5.56 Å². The molecule has 1 aromatic carbocycles. The van der Waals surface area contributed by atoms with Crippen LogP contribution in [0.2, 0.25) is 0 Å². The molecule has 1 aromatic heterocycles. The number of benzene rings is 1. The van der Waals surface area contributed by atoms with E-state index in [0.717, 1.165) is 16.3 Å². The van der Waals surface area contributed by atoms with Crippen LogP contribution in [0.3, 0.4) is 0 Å². The molecule has 0 aliphatic rings. The van der Waals surface area contributed by atoms with E-state index in [9.17, 15) is 14.4 Å². The Hall–Kier alpha value is -2.83. The lowest BCUT2D eigenvalue weighted by Crippen LogP contribution is -2.36. The lowest BCUT2D eigenvalue weighted by atomic mass is 10.2. The number of nitrogens with zero attached hydrogens (tertiary/aromatic N) is 1. The number of amides is 1. The van der Waals surface area contributed by atoms with E-state index in [4.69, 9.17) is 5.73 Å². The number of aromatic nitrogens is 2. The van der Waals surface area contributed by atoms with Crippen LogP contribution in [0.25, 0.3) is 0 Å². The average molecular weight is 274 g/mol. The molecule has 7 heteroatoms. The van der Waals surface area contributed by atoms with Gasteiger partial charge in [-0.2, -0.15) is 0 Å². The average Bonchev–Trinajstić information content (AvgIpc) is 2.44. The second-order valence-electron chi connectivity index (χ2n) is 4.23. The van der Waals surface area contributed by atoms with Crippen molar-refractivity contribution < 1.29 is 4.79 Å². The molecule has 1 heterocycles. The molecule has 0 saturated carbocycles. The molecular formula is C13H14N4O3. The summed E-state index contributed by atoms with van der Waals surface area (Å²) in [7, 11) is 0. The summed E-state index contributed by atoms with van der Waals surface area (Å²) in [6.45, 7) is 0.167. The second kappa shape index (κ2) is 5.87. The van der Waals surface area contributed by atoms with Crippen LogP contribution in [0.15, 0.2) is 46.1 Å². The predicted molar refractivity (Wildman–Crippen MR) is 74.0 cm³/mol. The third-order valence-electron chi connectivity index (χ3n) is 2.68. The summed E-state index contributed by atoms with van der Waals surface area (Å²) in [5.74, 6) is -0.345. The van der Waals surface area contributed by atoms with E-state index in [-0.39, 0.29) is 18.1 Å². The molecule has 0 unspecified atom stereocenters. The van der Waals surface area contributed by atoms with Crippen molar-refractivity contribution in [2.24, 2.45) is 0 Å². The van der Waals surface area contributed by atoms with Crippen molar-refractivity contribution in [3.8, 4) is 0 Å². The Labute approximate surface area is 114 Å². The Kier molecular flexibility index (Phi) is 3.99. The van der Waals surface area contributed by atoms with Crippen molar-refractivity contribution in [1.82, 2.24) is 14.9 Å². The van der Waals surface area contributed by atoms with Crippen molar-refractivity contribution in [3.63, 3.8) is 0 Å². The molecule has 2 rings (SSSR count). The van der Waals surface area contributed by atoms with E-state index in [2.05, 4.69) is 5.32 Å². The zero-order valence-corrected chi connectivity index (χ0v) is 10.6. The number of hydrogen-bond acceptors (Lipinski definition) is 4. The number of aromatic amines is 1. The van der Waals surface area contributed by atoms with Crippen LogP contribution in [-0.4, -0.2) is 15.5 Å². The van der Waals surface area contributed by atoms with Crippen molar-refractivity contribution in [2.45, 2.75) is 13.1 Å². The standard InChI is InChI=1S/C13H14N4O3/c14-10-7-17(13(20)16-12(10)19)8-11(18)15-6-9-4-2-1-3-5-9/h1-5,7H,6,8,14H2,(H,15,18)(H,16,19,20). The number of carbonyl (C=O) groups is 1. The zero-order chi connectivity index (χ0) is 14.5. The number of rotatable bonds is 4. The second-order valence-corrected chi connectivity index (χ2v) is 4.23. The Bertz CT molecular complexity index is 718. The van der Waals surface area contributed by atoms with Gasteiger partial charge in [-0.25, -0.2) is 4.79 Å². The van der Waals surface area contributed by atoms with E-state index in [1.54, 1.807) is 0 Å². The fourth-order valence-corrected chi connectivity index (χ4v) is 1.65. The summed E-state index contributed by atoms with van der Waals surface area (Å²) >= 11 is 0. The van der Waals surface area contributed by atoms with Crippen LogP contribution >= 0.6 is 0 Å². The van der Waals surface area contributed by atoms with Crippen molar-refractivity contribution in [2.75, 3.05) is 5.73 Å². The van der Waals surface area contributed by atoms with Gasteiger partial charge in [0.05, 0.1) is 0 Å². The maximum atomic E-state index is 11.7. The van der Waals surface area contributed by atoms with Gasteiger partial charge in [0.15, 0.2) is 0 Å². The zero-order valence-electron chi connectivity index (χ0n) is 10.6. The Morgan fingerprint density at radius 1 is 1.25 bits per heavy atom. The van der Waals surface area contributed by atoms with Gasteiger partial charge in [0.25, 0.3) is 5.56 Å². The highest BCUT2D eigenvalue weighted by molar-refractivity contribution is 5.75. The molecule has 7 nitrogen and oxygen atoms in total. The van der Waals surface area contributed by atoms with Gasteiger partial charge in [-0.1, -0.05) is 30.3 Å². The fraction of sp³-hybridized carbons (Fsp3) is 0.154. The largest absolute Gasteiger partial charge is 0.393 e. The summed E-state index contributed by atoms with van der Waals surface area (Å²) < 4.78 is 1.05. The summed E-state index contributed by atoms with van der Waals surface area (Å²) in [5, 5.41) is 2.68. The molecule has 104 valence electrons. The molecule has 4 N–H and O–H groups in total. The molecule has 0 fully saturated rings. The molecule has 1 amide bonds. The van der Waals surface area contributed by atoms with Gasteiger partial charge in [-0.05, 0) is 5.56 Å². The van der Waals surface area contributed by atoms with Gasteiger partial charge in [-0.3, -0.25) is 19.1 Å². The molecule has 0 atom stereocenters. The highest BCUT2D eigenvalue weighted by Crippen LogP contribution is 1.97. The van der Waals surface area contributed by atoms with E-state index in [0.29, 0.717) is 6.54 Å².